The minimum absolute atomic E-state index is 0.891. The van der Waals surface area contributed by atoms with Gasteiger partial charge in [-0.1, -0.05) is 0 Å². The Bertz CT molecular complexity index is 513. The van der Waals surface area contributed by atoms with Crippen LogP contribution < -0.4 is 5.32 Å². The second-order valence-electron chi connectivity index (χ2n) is 4.06. The van der Waals surface area contributed by atoms with Gasteiger partial charge in [-0.3, -0.25) is 4.79 Å². The predicted molar refractivity (Wildman–Crippen MR) is 61.5 cm³/mol. The molecule has 0 radical (unpaired) electrons. The second kappa shape index (κ2) is 7.52. The first-order valence-corrected chi connectivity index (χ1v) is 5.63. The van der Waals surface area contributed by atoms with Gasteiger partial charge in [-0.05, 0) is 13.8 Å². The quantitative estimate of drug-likeness (QED) is 0.249. The molecule has 0 aliphatic carbocycles. The zero-order valence-electron chi connectivity index (χ0n) is 11.3. The van der Waals surface area contributed by atoms with Crippen molar-refractivity contribution in [3.63, 3.8) is 0 Å². The SMILES string of the molecule is CC(O)C(=[N+]=[N-])C(=O)OC(C)[C@H](NC(=O)C(F)(F)F)C(=O)O. The summed E-state index contributed by atoms with van der Waals surface area (Å²) in [6.45, 7) is 1.92. The molecule has 0 aliphatic heterocycles. The molecule has 0 fully saturated rings. The summed E-state index contributed by atoms with van der Waals surface area (Å²) < 4.78 is 40.7. The molecule has 22 heavy (non-hydrogen) atoms. The number of rotatable bonds is 6. The molecule has 3 atom stereocenters. The lowest BCUT2D eigenvalue weighted by Gasteiger charge is -2.21. The monoisotopic (exact) mass is 327 g/mol. The first-order chi connectivity index (χ1) is 9.91. The fourth-order valence-electron chi connectivity index (χ4n) is 1.20. The van der Waals surface area contributed by atoms with Crippen LogP contribution in [0.3, 0.4) is 0 Å². The molecule has 0 aromatic heterocycles. The average Bonchev–Trinajstić information content (AvgIpc) is 2.33. The van der Waals surface area contributed by atoms with Crippen molar-refractivity contribution in [1.82, 2.24) is 5.32 Å². The molecule has 0 bridgehead atoms. The van der Waals surface area contributed by atoms with Crippen molar-refractivity contribution in [3.8, 4) is 0 Å². The van der Waals surface area contributed by atoms with Crippen LogP contribution in [-0.4, -0.2) is 63.0 Å². The van der Waals surface area contributed by atoms with Gasteiger partial charge in [-0.15, -0.1) is 0 Å². The lowest BCUT2D eigenvalue weighted by atomic mass is 10.1. The summed E-state index contributed by atoms with van der Waals surface area (Å²) in [6, 6.07) is -2.20. The fraction of sp³-hybridized carbons (Fsp3) is 0.600. The summed E-state index contributed by atoms with van der Waals surface area (Å²) in [5.41, 5.74) is 7.58. The topological polar surface area (TPSA) is 149 Å². The van der Waals surface area contributed by atoms with Gasteiger partial charge in [0.15, 0.2) is 12.1 Å². The van der Waals surface area contributed by atoms with E-state index in [-0.39, 0.29) is 0 Å². The molecule has 1 amide bonds. The van der Waals surface area contributed by atoms with Crippen LogP contribution in [0.1, 0.15) is 13.8 Å². The van der Waals surface area contributed by atoms with Gasteiger partial charge in [0, 0.05) is 0 Å². The minimum atomic E-state index is -5.32. The van der Waals surface area contributed by atoms with Crippen molar-refractivity contribution in [3.05, 3.63) is 5.53 Å². The van der Waals surface area contributed by atoms with Crippen LogP contribution in [0.4, 0.5) is 13.2 Å². The number of nitrogens with zero attached hydrogens (tertiary/aromatic N) is 2. The third-order valence-corrected chi connectivity index (χ3v) is 2.29. The van der Waals surface area contributed by atoms with Crippen LogP contribution in [0.5, 0.6) is 0 Å². The molecule has 3 N–H and O–H groups in total. The largest absolute Gasteiger partial charge is 0.480 e. The third-order valence-electron chi connectivity index (χ3n) is 2.29. The van der Waals surface area contributed by atoms with Crippen LogP contribution in [0.2, 0.25) is 0 Å². The van der Waals surface area contributed by atoms with Crippen molar-refractivity contribution in [2.75, 3.05) is 0 Å². The number of hydrogen-bond acceptors (Lipinski definition) is 5. The molecule has 0 heterocycles. The summed E-state index contributed by atoms with van der Waals surface area (Å²) in [5.74, 6) is -5.88. The molecular formula is C10H12F3N3O6. The Hall–Kier alpha value is -2.46. The molecule has 12 heteroatoms. The maximum Gasteiger partial charge on any atom is 0.471 e. The number of aliphatic hydroxyl groups excluding tert-OH is 1. The number of aliphatic hydroxyl groups is 1. The van der Waals surface area contributed by atoms with Gasteiger partial charge < -0.3 is 25.8 Å². The van der Waals surface area contributed by atoms with Crippen LogP contribution in [0.25, 0.3) is 5.53 Å². The summed E-state index contributed by atoms with van der Waals surface area (Å²) in [5, 5.41) is 19.0. The molecule has 0 rings (SSSR count). The van der Waals surface area contributed by atoms with Crippen molar-refractivity contribution in [2.45, 2.75) is 38.3 Å². The average molecular weight is 327 g/mol. The minimum Gasteiger partial charge on any atom is -0.480 e. The van der Waals surface area contributed by atoms with E-state index < -0.39 is 48.0 Å². The van der Waals surface area contributed by atoms with E-state index in [0.717, 1.165) is 19.2 Å². The highest BCUT2D eigenvalue weighted by molar-refractivity contribution is 6.35. The van der Waals surface area contributed by atoms with E-state index in [0.29, 0.717) is 0 Å². The lowest BCUT2D eigenvalue weighted by Crippen LogP contribution is -2.53. The fourth-order valence-corrected chi connectivity index (χ4v) is 1.20. The van der Waals surface area contributed by atoms with Gasteiger partial charge in [-0.25, -0.2) is 9.59 Å². The molecule has 0 aliphatic rings. The smallest absolute Gasteiger partial charge is 0.471 e. The number of carbonyl (C=O) groups is 3. The van der Waals surface area contributed by atoms with Gasteiger partial charge in [0.2, 0.25) is 0 Å². The number of ether oxygens (including phenoxy) is 1. The number of aliphatic carboxylic acids is 1. The first kappa shape index (κ1) is 19.5. The van der Waals surface area contributed by atoms with Crippen LogP contribution in [-0.2, 0) is 19.1 Å². The van der Waals surface area contributed by atoms with Crippen LogP contribution in [0, 0.1) is 0 Å². The van der Waals surface area contributed by atoms with Gasteiger partial charge >= 0.3 is 29.7 Å². The van der Waals surface area contributed by atoms with Gasteiger partial charge in [-0.2, -0.15) is 18.0 Å². The zero-order chi connectivity index (χ0) is 17.7. The van der Waals surface area contributed by atoms with E-state index in [4.69, 9.17) is 15.7 Å². The molecule has 9 nitrogen and oxygen atoms in total. The first-order valence-electron chi connectivity index (χ1n) is 5.63. The Labute approximate surface area is 121 Å². The molecule has 124 valence electrons. The number of hydrogen-bond donors (Lipinski definition) is 3. The molecule has 0 spiro atoms. The third kappa shape index (κ3) is 5.50. The Morgan fingerprint density at radius 3 is 2.09 bits per heavy atom. The number of esters is 1. The number of carboxylic acids is 1. The summed E-state index contributed by atoms with van der Waals surface area (Å²) in [6.07, 6.45) is -8.64. The van der Waals surface area contributed by atoms with Crippen molar-refractivity contribution in [1.29, 1.82) is 0 Å². The molecule has 0 saturated heterocycles. The van der Waals surface area contributed by atoms with Crippen LogP contribution in [0.15, 0.2) is 0 Å². The number of halogens is 3. The number of carbonyl (C=O) groups excluding carboxylic acids is 2. The van der Waals surface area contributed by atoms with E-state index in [1.807, 2.05) is 0 Å². The predicted octanol–water partition coefficient (Wildman–Crippen LogP) is -0.899. The normalized spacial score (nSPS) is 15.0. The van der Waals surface area contributed by atoms with E-state index in [2.05, 4.69) is 9.53 Å². The standard InChI is InChI=1S/C10H12F3N3O6/c1-3(17)5(16-14)8(20)22-4(2)6(7(18)19)15-9(21)10(11,12)13/h3-4,6,17H,1-2H3,(H,15,21)(H,18,19)/t3?,4?,6-/m0/s1. The molecule has 0 aromatic rings. The highest BCUT2D eigenvalue weighted by Gasteiger charge is 2.43. The lowest BCUT2D eigenvalue weighted by molar-refractivity contribution is -0.177. The maximum atomic E-state index is 12.1. The Kier molecular flexibility index (Phi) is 6.68. The zero-order valence-corrected chi connectivity index (χ0v) is 11.3. The summed E-state index contributed by atoms with van der Waals surface area (Å²) in [7, 11) is 0. The van der Waals surface area contributed by atoms with Crippen molar-refractivity contribution >= 4 is 23.6 Å². The Balaban J connectivity index is 5.07. The van der Waals surface area contributed by atoms with E-state index in [1.165, 1.54) is 0 Å². The number of amides is 1. The summed E-state index contributed by atoms with van der Waals surface area (Å²) >= 11 is 0. The number of nitrogens with one attached hydrogen (secondary N) is 1. The van der Waals surface area contributed by atoms with E-state index in [9.17, 15) is 27.6 Å². The van der Waals surface area contributed by atoms with Crippen LogP contribution >= 0.6 is 0 Å². The van der Waals surface area contributed by atoms with Gasteiger partial charge in [0.05, 0.1) is 0 Å². The molecular weight excluding hydrogens is 315 g/mol. The van der Waals surface area contributed by atoms with Gasteiger partial charge in [0.1, 0.15) is 6.10 Å². The molecule has 0 aromatic carbocycles. The molecule has 2 unspecified atom stereocenters. The van der Waals surface area contributed by atoms with E-state index >= 15 is 0 Å². The second-order valence-corrected chi connectivity index (χ2v) is 4.06. The maximum absolute atomic E-state index is 12.1. The Morgan fingerprint density at radius 2 is 1.77 bits per heavy atom. The highest BCUT2D eigenvalue weighted by atomic mass is 19.4. The Morgan fingerprint density at radius 1 is 1.27 bits per heavy atom. The number of alkyl halides is 3. The van der Waals surface area contributed by atoms with Crippen molar-refractivity contribution in [2.24, 2.45) is 0 Å². The number of carboxylic acid groups (broad SMARTS) is 1. The van der Waals surface area contributed by atoms with E-state index in [1.54, 1.807) is 0 Å². The van der Waals surface area contributed by atoms with Gasteiger partial charge in [0.25, 0.3) is 0 Å². The van der Waals surface area contributed by atoms with Crippen molar-refractivity contribution < 1.29 is 47.3 Å². The summed E-state index contributed by atoms with van der Waals surface area (Å²) in [4.78, 5) is 35.4. The highest BCUT2D eigenvalue weighted by Crippen LogP contribution is 2.15. The molecule has 0 saturated carbocycles.